The van der Waals surface area contributed by atoms with E-state index in [1.165, 1.54) is 0 Å². The van der Waals surface area contributed by atoms with Gasteiger partial charge in [-0.1, -0.05) is 45.4 Å². The second-order valence-electron chi connectivity index (χ2n) is 9.80. The Morgan fingerprint density at radius 2 is 1.97 bits per heavy atom. The third kappa shape index (κ3) is 4.05. The number of hydrogen-bond acceptors (Lipinski definition) is 5. The molecule has 7 nitrogen and oxygen atoms in total. The van der Waals surface area contributed by atoms with Gasteiger partial charge in [0.15, 0.2) is 0 Å². The standard InChI is InChI=1S/C25H35N3O4S/c1-4-5-13-26-23(31)21-25-12-11-18(33-25)19(22(30)27-16-9-7-6-8-10-16)20(25)24(32)28(21)17(14-29)15(2)3/h6-10,15,17-21,29H,4-5,11-14H2,1-3H3,(H,26,31)(H,27,30)/t17-,18-,19+,20-,21?,25?/m0/s1. The van der Waals surface area contributed by atoms with E-state index in [9.17, 15) is 19.5 Å². The Morgan fingerprint density at radius 1 is 1.24 bits per heavy atom. The van der Waals surface area contributed by atoms with Crippen molar-refractivity contribution >= 4 is 35.2 Å². The number of amides is 3. The molecule has 0 aromatic heterocycles. The van der Waals surface area contributed by atoms with Crippen LogP contribution < -0.4 is 10.6 Å². The largest absolute Gasteiger partial charge is 0.394 e. The second kappa shape index (κ2) is 9.66. The minimum absolute atomic E-state index is 0.0149. The van der Waals surface area contributed by atoms with Crippen LogP contribution >= 0.6 is 11.8 Å². The average Bonchev–Trinajstić information content (AvgIpc) is 3.43. The highest BCUT2D eigenvalue weighted by Gasteiger charge is 2.74. The Hall–Kier alpha value is -2.06. The van der Waals surface area contributed by atoms with Gasteiger partial charge in [0.1, 0.15) is 6.04 Å². The maximum Gasteiger partial charge on any atom is 0.244 e. The van der Waals surface area contributed by atoms with Gasteiger partial charge < -0.3 is 20.6 Å². The Balaban J connectivity index is 1.68. The molecule has 1 aromatic rings. The highest BCUT2D eigenvalue weighted by Crippen LogP contribution is 2.66. The molecule has 0 saturated carbocycles. The molecule has 3 saturated heterocycles. The first-order valence-corrected chi connectivity index (χ1v) is 13.0. The topological polar surface area (TPSA) is 98.7 Å². The summed E-state index contributed by atoms with van der Waals surface area (Å²) in [5, 5.41) is 16.2. The van der Waals surface area contributed by atoms with E-state index in [1.54, 1.807) is 16.7 Å². The van der Waals surface area contributed by atoms with Crippen LogP contribution in [0.15, 0.2) is 30.3 Å². The van der Waals surface area contributed by atoms with E-state index in [2.05, 4.69) is 17.6 Å². The lowest BCUT2D eigenvalue weighted by molar-refractivity contribution is -0.143. The Kier molecular flexibility index (Phi) is 7.05. The van der Waals surface area contributed by atoms with Crippen molar-refractivity contribution in [3.63, 3.8) is 0 Å². The molecule has 1 aromatic carbocycles. The fraction of sp³-hybridized carbons (Fsp3) is 0.640. The van der Waals surface area contributed by atoms with Crippen molar-refractivity contribution in [1.82, 2.24) is 10.2 Å². The van der Waals surface area contributed by atoms with E-state index in [-0.39, 0.29) is 35.5 Å². The van der Waals surface area contributed by atoms with Crippen LogP contribution in [0.2, 0.25) is 0 Å². The minimum Gasteiger partial charge on any atom is -0.394 e. The Labute approximate surface area is 200 Å². The number of hydrogen-bond donors (Lipinski definition) is 3. The van der Waals surface area contributed by atoms with Crippen LogP contribution in [0.1, 0.15) is 46.5 Å². The summed E-state index contributed by atoms with van der Waals surface area (Å²) in [7, 11) is 0. The number of para-hydroxylation sites is 1. The number of nitrogens with one attached hydrogen (secondary N) is 2. The molecule has 8 heteroatoms. The van der Waals surface area contributed by atoms with Crippen LogP contribution in [0.4, 0.5) is 5.69 Å². The predicted molar refractivity (Wildman–Crippen MR) is 130 cm³/mol. The first kappa shape index (κ1) is 24.1. The molecule has 3 N–H and O–H groups in total. The third-order valence-corrected chi connectivity index (χ3v) is 9.43. The van der Waals surface area contributed by atoms with Gasteiger partial charge in [-0.3, -0.25) is 14.4 Å². The van der Waals surface area contributed by atoms with Crippen LogP contribution in [0.25, 0.3) is 0 Å². The van der Waals surface area contributed by atoms with Crippen LogP contribution in [0.3, 0.4) is 0 Å². The second-order valence-corrected chi connectivity index (χ2v) is 11.4. The number of thioether (sulfide) groups is 1. The van der Waals surface area contributed by atoms with Gasteiger partial charge in [-0.15, -0.1) is 11.8 Å². The number of unbranched alkanes of at least 4 members (excludes halogenated alkanes) is 1. The number of fused-ring (bicyclic) bond motifs is 1. The van der Waals surface area contributed by atoms with Gasteiger partial charge in [-0.05, 0) is 37.3 Å². The molecule has 3 heterocycles. The van der Waals surface area contributed by atoms with Crippen molar-refractivity contribution in [1.29, 1.82) is 0 Å². The average molecular weight is 474 g/mol. The van der Waals surface area contributed by atoms with Crippen LogP contribution in [0, 0.1) is 17.8 Å². The molecule has 33 heavy (non-hydrogen) atoms. The molecule has 6 atom stereocenters. The fourth-order valence-electron chi connectivity index (χ4n) is 5.90. The quantitative estimate of drug-likeness (QED) is 0.479. The summed E-state index contributed by atoms with van der Waals surface area (Å²) in [6.45, 7) is 6.33. The molecule has 3 aliphatic rings. The number of carbonyl (C=O) groups excluding carboxylic acids is 3. The number of aliphatic hydroxyl groups is 1. The number of nitrogens with zero attached hydrogens (tertiary/aromatic N) is 1. The molecule has 3 fully saturated rings. The molecule has 2 bridgehead atoms. The van der Waals surface area contributed by atoms with Crippen LogP contribution in [-0.2, 0) is 14.4 Å². The number of carbonyl (C=O) groups is 3. The summed E-state index contributed by atoms with van der Waals surface area (Å²) >= 11 is 1.65. The zero-order chi connectivity index (χ0) is 23.8. The molecular weight excluding hydrogens is 438 g/mol. The third-order valence-electron chi connectivity index (χ3n) is 7.47. The molecule has 1 spiro atoms. The minimum atomic E-state index is -0.670. The van der Waals surface area contributed by atoms with Crippen molar-refractivity contribution in [2.75, 3.05) is 18.5 Å². The van der Waals surface area contributed by atoms with E-state index in [0.29, 0.717) is 12.2 Å². The monoisotopic (exact) mass is 473 g/mol. The summed E-state index contributed by atoms with van der Waals surface area (Å²) in [6.07, 6.45) is 3.37. The maximum absolute atomic E-state index is 13.9. The Morgan fingerprint density at radius 3 is 2.61 bits per heavy atom. The van der Waals surface area contributed by atoms with Crippen LogP contribution in [0.5, 0.6) is 0 Å². The summed E-state index contributed by atoms with van der Waals surface area (Å²) in [5.74, 6) is -1.54. The number of rotatable bonds is 9. The lowest BCUT2D eigenvalue weighted by Crippen LogP contribution is -2.57. The molecule has 3 amide bonds. The number of likely N-dealkylation sites (tertiary alicyclic amines) is 1. The van der Waals surface area contributed by atoms with E-state index in [1.807, 2.05) is 44.2 Å². The fourth-order valence-corrected chi connectivity index (χ4v) is 8.11. The smallest absolute Gasteiger partial charge is 0.244 e. The van der Waals surface area contributed by atoms with Gasteiger partial charge in [0.2, 0.25) is 17.7 Å². The summed E-state index contributed by atoms with van der Waals surface area (Å²) in [5.41, 5.74) is 0.705. The maximum atomic E-state index is 13.9. The lowest BCUT2D eigenvalue weighted by atomic mass is 9.70. The number of anilines is 1. The van der Waals surface area contributed by atoms with Crippen molar-refractivity contribution in [2.24, 2.45) is 17.8 Å². The highest BCUT2D eigenvalue weighted by atomic mass is 32.2. The zero-order valence-corrected chi connectivity index (χ0v) is 20.4. The van der Waals surface area contributed by atoms with Gasteiger partial charge >= 0.3 is 0 Å². The molecule has 0 aliphatic carbocycles. The Bertz CT molecular complexity index is 895. The first-order valence-electron chi connectivity index (χ1n) is 12.1. The van der Waals surface area contributed by atoms with Gasteiger partial charge in [-0.2, -0.15) is 0 Å². The molecule has 2 unspecified atom stereocenters. The SMILES string of the molecule is CCCCNC(=O)C1N([C@@H](CO)C(C)C)C(=O)[C@@H]2[C@H](C(=O)Nc3ccccc3)[C@@H]3CCC12S3. The van der Waals surface area contributed by atoms with Crippen molar-refractivity contribution < 1.29 is 19.5 Å². The van der Waals surface area contributed by atoms with Crippen molar-refractivity contribution in [3.8, 4) is 0 Å². The van der Waals surface area contributed by atoms with Crippen molar-refractivity contribution in [2.45, 2.75) is 68.5 Å². The molecule has 3 aliphatic heterocycles. The number of aliphatic hydroxyl groups excluding tert-OH is 1. The van der Waals surface area contributed by atoms with Crippen LogP contribution in [-0.4, -0.2) is 63.0 Å². The lowest BCUT2D eigenvalue weighted by Gasteiger charge is -2.38. The van der Waals surface area contributed by atoms with Gasteiger partial charge in [-0.25, -0.2) is 0 Å². The van der Waals surface area contributed by atoms with Gasteiger partial charge in [0, 0.05) is 17.5 Å². The molecular formula is C25H35N3O4S. The summed E-state index contributed by atoms with van der Waals surface area (Å²) in [6, 6.07) is 8.15. The van der Waals surface area contributed by atoms with Gasteiger partial charge in [0.05, 0.1) is 29.2 Å². The summed E-state index contributed by atoms with van der Waals surface area (Å²) < 4.78 is -0.626. The van der Waals surface area contributed by atoms with E-state index < -0.39 is 28.7 Å². The van der Waals surface area contributed by atoms with Crippen molar-refractivity contribution in [3.05, 3.63) is 30.3 Å². The zero-order valence-electron chi connectivity index (χ0n) is 19.6. The normalized spacial score (nSPS) is 31.1. The summed E-state index contributed by atoms with van der Waals surface area (Å²) in [4.78, 5) is 42.5. The van der Waals surface area contributed by atoms with E-state index >= 15 is 0 Å². The first-order chi connectivity index (χ1) is 15.9. The number of benzene rings is 1. The molecule has 0 radical (unpaired) electrons. The van der Waals surface area contributed by atoms with E-state index in [4.69, 9.17) is 0 Å². The van der Waals surface area contributed by atoms with Gasteiger partial charge in [0.25, 0.3) is 0 Å². The molecule has 180 valence electrons. The van der Waals surface area contributed by atoms with E-state index in [0.717, 1.165) is 25.7 Å². The highest BCUT2D eigenvalue weighted by molar-refractivity contribution is 8.02. The molecule has 4 rings (SSSR count). The predicted octanol–water partition coefficient (Wildman–Crippen LogP) is 2.65.